The van der Waals surface area contributed by atoms with Crippen LogP contribution in [0.2, 0.25) is 0 Å². The van der Waals surface area contributed by atoms with Gasteiger partial charge in [-0.1, -0.05) is 66.7 Å². The van der Waals surface area contributed by atoms with Gasteiger partial charge in [0.05, 0.1) is 0 Å². The van der Waals surface area contributed by atoms with Crippen LogP contribution in [0.15, 0.2) is 83.7 Å². The lowest BCUT2D eigenvalue weighted by molar-refractivity contribution is -0.136. The number of ether oxygens (including phenoxy) is 1. The van der Waals surface area contributed by atoms with Gasteiger partial charge in [-0.05, 0) is 29.5 Å². The zero-order valence-corrected chi connectivity index (χ0v) is 19.5. The van der Waals surface area contributed by atoms with E-state index in [-0.39, 0.29) is 29.9 Å². The molecule has 1 N–H and O–H groups in total. The molecule has 35 heavy (non-hydrogen) atoms. The predicted octanol–water partition coefficient (Wildman–Crippen LogP) is 3.33. The summed E-state index contributed by atoms with van der Waals surface area (Å²) in [6.07, 6.45) is 0.725. The third-order valence-electron chi connectivity index (χ3n) is 6.88. The van der Waals surface area contributed by atoms with Crippen molar-refractivity contribution in [3.63, 3.8) is 0 Å². The van der Waals surface area contributed by atoms with E-state index in [1.165, 1.54) is 0 Å². The topological polar surface area (TPSA) is 80.6 Å². The lowest BCUT2D eigenvalue weighted by atomic mass is 9.83. The molecule has 0 saturated carbocycles. The molecule has 3 atom stereocenters. The number of carbonyl (C=O) groups is 2. The SMILES string of the molecule is O=C(NC(Cc1ccccc1)C(=O)N1C[C@H]2C[C@@H](C1)c1cccc(=O)n1C2)OCc1ccccc1. The number of nitrogens with one attached hydrogen (secondary N) is 1. The number of alkyl carbamates (subject to hydrolysis) is 1. The minimum absolute atomic E-state index is 0.0155. The van der Waals surface area contributed by atoms with E-state index in [1.54, 1.807) is 12.1 Å². The Morgan fingerprint density at radius 2 is 1.60 bits per heavy atom. The minimum atomic E-state index is -0.738. The van der Waals surface area contributed by atoms with Gasteiger partial charge in [0.15, 0.2) is 0 Å². The van der Waals surface area contributed by atoms with Crippen molar-refractivity contribution >= 4 is 12.0 Å². The molecule has 1 saturated heterocycles. The molecular weight excluding hydrogens is 442 g/mol. The lowest BCUT2D eigenvalue weighted by Crippen LogP contribution is -2.55. The number of piperidine rings is 1. The summed E-state index contributed by atoms with van der Waals surface area (Å²) in [6, 6.07) is 23.7. The Kier molecular flexibility index (Phi) is 6.66. The third-order valence-corrected chi connectivity index (χ3v) is 6.88. The molecule has 1 fully saturated rings. The highest BCUT2D eigenvalue weighted by Gasteiger charge is 2.38. The van der Waals surface area contributed by atoms with E-state index >= 15 is 0 Å². The smallest absolute Gasteiger partial charge is 0.408 e. The van der Waals surface area contributed by atoms with Crippen LogP contribution in [-0.2, 0) is 29.1 Å². The number of hydrogen-bond donors (Lipinski definition) is 1. The summed E-state index contributed by atoms with van der Waals surface area (Å²) < 4.78 is 7.26. The fraction of sp³-hybridized carbons (Fsp3) is 0.321. The van der Waals surface area contributed by atoms with Gasteiger partial charge in [0.2, 0.25) is 5.91 Å². The van der Waals surface area contributed by atoms with E-state index in [2.05, 4.69) is 5.32 Å². The average molecular weight is 472 g/mol. The predicted molar refractivity (Wildman–Crippen MR) is 132 cm³/mol. The number of pyridine rings is 1. The molecule has 7 nitrogen and oxygen atoms in total. The molecule has 2 aliphatic rings. The highest BCUT2D eigenvalue weighted by molar-refractivity contribution is 5.86. The molecule has 5 rings (SSSR count). The molecule has 2 bridgehead atoms. The zero-order valence-electron chi connectivity index (χ0n) is 19.5. The van der Waals surface area contributed by atoms with Gasteiger partial charge >= 0.3 is 6.09 Å². The Labute approximate surface area is 204 Å². The van der Waals surface area contributed by atoms with Crippen molar-refractivity contribution in [3.05, 3.63) is 106 Å². The van der Waals surface area contributed by atoms with Crippen LogP contribution < -0.4 is 10.9 Å². The lowest BCUT2D eigenvalue weighted by Gasteiger charge is -2.43. The fourth-order valence-corrected chi connectivity index (χ4v) is 5.25. The Bertz CT molecular complexity index is 1240. The molecule has 2 aliphatic heterocycles. The minimum Gasteiger partial charge on any atom is -0.445 e. The van der Waals surface area contributed by atoms with Gasteiger partial charge in [-0.25, -0.2) is 4.79 Å². The summed E-state index contributed by atoms with van der Waals surface area (Å²) >= 11 is 0. The normalized spacial score (nSPS) is 19.4. The molecule has 3 aromatic rings. The molecule has 2 amide bonds. The van der Waals surface area contributed by atoms with E-state index in [9.17, 15) is 14.4 Å². The van der Waals surface area contributed by atoms with Crippen LogP contribution in [0.25, 0.3) is 0 Å². The maximum atomic E-state index is 13.7. The number of hydrogen-bond acceptors (Lipinski definition) is 4. The first kappa shape index (κ1) is 22.9. The zero-order chi connectivity index (χ0) is 24.2. The molecular formula is C28H29N3O4. The van der Waals surface area contributed by atoms with E-state index in [4.69, 9.17) is 4.74 Å². The number of aromatic nitrogens is 1. The van der Waals surface area contributed by atoms with Crippen molar-refractivity contribution in [2.24, 2.45) is 5.92 Å². The van der Waals surface area contributed by atoms with Gasteiger partial charge in [-0.2, -0.15) is 0 Å². The highest BCUT2D eigenvalue weighted by Crippen LogP contribution is 2.35. The summed E-state index contributed by atoms with van der Waals surface area (Å²) in [7, 11) is 0. The largest absolute Gasteiger partial charge is 0.445 e. The van der Waals surface area contributed by atoms with Gasteiger partial charge in [0.1, 0.15) is 12.6 Å². The molecule has 0 aliphatic carbocycles. The number of nitrogens with zero attached hydrogens (tertiary/aromatic N) is 2. The number of benzene rings is 2. The number of rotatable bonds is 6. The van der Waals surface area contributed by atoms with Crippen molar-refractivity contribution in [3.8, 4) is 0 Å². The first-order chi connectivity index (χ1) is 17.1. The van der Waals surface area contributed by atoms with E-state index < -0.39 is 12.1 Å². The second kappa shape index (κ2) is 10.2. The van der Waals surface area contributed by atoms with Crippen LogP contribution in [0.3, 0.4) is 0 Å². The average Bonchev–Trinajstić information content (AvgIpc) is 2.88. The number of likely N-dealkylation sites (tertiary alicyclic amines) is 1. The monoisotopic (exact) mass is 471 g/mol. The van der Waals surface area contributed by atoms with Crippen LogP contribution in [0.5, 0.6) is 0 Å². The molecule has 1 aromatic heterocycles. The summed E-state index contributed by atoms with van der Waals surface area (Å²) in [5.41, 5.74) is 2.84. The van der Waals surface area contributed by atoms with Crippen LogP contribution in [-0.4, -0.2) is 40.6 Å². The molecule has 7 heteroatoms. The van der Waals surface area contributed by atoms with Crippen LogP contribution in [0.1, 0.15) is 29.2 Å². The first-order valence-corrected chi connectivity index (χ1v) is 12.1. The standard InChI is InChI=1S/C28H29N3O4/c32-26-13-7-12-25-23-14-22(17-31(25)26)16-30(18-23)27(33)24(15-20-8-3-1-4-9-20)29-28(34)35-19-21-10-5-2-6-11-21/h1-13,22-24H,14-19H2,(H,29,34)/t22-,23+,24?/m1/s1. The quantitative estimate of drug-likeness (QED) is 0.598. The van der Waals surface area contributed by atoms with Crippen molar-refractivity contribution in [1.82, 2.24) is 14.8 Å². The number of fused-ring (bicyclic) bond motifs is 4. The molecule has 0 spiro atoms. The van der Waals surface area contributed by atoms with Gasteiger partial charge in [0, 0.05) is 43.7 Å². The maximum absolute atomic E-state index is 13.7. The van der Waals surface area contributed by atoms with E-state index in [0.717, 1.165) is 23.2 Å². The number of amides is 2. The molecule has 3 heterocycles. The summed E-state index contributed by atoms with van der Waals surface area (Å²) in [5, 5.41) is 2.82. The second-order valence-electron chi connectivity index (χ2n) is 9.39. The van der Waals surface area contributed by atoms with Gasteiger partial charge in [-0.3, -0.25) is 9.59 Å². The van der Waals surface area contributed by atoms with Crippen LogP contribution in [0, 0.1) is 5.92 Å². The Balaban J connectivity index is 1.31. The first-order valence-electron chi connectivity index (χ1n) is 12.1. The molecule has 2 aromatic carbocycles. The highest BCUT2D eigenvalue weighted by atomic mass is 16.5. The summed E-state index contributed by atoms with van der Waals surface area (Å²) in [5.74, 6) is 0.211. The summed E-state index contributed by atoms with van der Waals surface area (Å²) in [6.45, 7) is 1.86. The molecule has 1 unspecified atom stereocenters. The fourth-order valence-electron chi connectivity index (χ4n) is 5.25. The van der Waals surface area contributed by atoms with Gasteiger partial charge in [0.25, 0.3) is 5.56 Å². The number of carbonyl (C=O) groups excluding carboxylic acids is 2. The van der Waals surface area contributed by atoms with Crippen molar-refractivity contribution < 1.29 is 14.3 Å². The Morgan fingerprint density at radius 1 is 0.886 bits per heavy atom. The van der Waals surface area contributed by atoms with Gasteiger partial charge < -0.3 is 19.5 Å². The Hall–Kier alpha value is -3.87. The van der Waals surface area contributed by atoms with Crippen LogP contribution in [0.4, 0.5) is 4.79 Å². The third kappa shape index (κ3) is 5.29. The van der Waals surface area contributed by atoms with Gasteiger partial charge in [-0.15, -0.1) is 0 Å². The van der Waals surface area contributed by atoms with E-state index in [1.807, 2.05) is 76.2 Å². The molecule has 180 valence electrons. The van der Waals surface area contributed by atoms with Crippen molar-refractivity contribution in [1.29, 1.82) is 0 Å². The van der Waals surface area contributed by atoms with Crippen molar-refractivity contribution in [2.75, 3.05) is 13.1 Å². The summed E-state index contributed by atoms with van der Waals surface area (Å²) in [4.78, 5) is 40.5. The maximum Gasteiger partial charge on any atom is 0.408 e. The molecule has 0 radical (unpaired) electrons. The Morgan fingerprint density at radius 3 is 2.34 bits per heavy atom. The van der Waals surface area contributed by atoms with Crippen LogP contribution >= 0.6 is 0 Å². The van der Waals surface area contributed by atoms with Crippen molar-refractivity contribution in [2.45, 2.75) is 38.0 Å². The van der Waals surface area contributed by atoms with E-state index in [0.29, 0.717) is 26.1 Å². The second-order valence-corrected chi connectivity index (χ2v) is 9.39.